The number of anilines is 2. The van der Waals surface area contributed by atoms with Crippen molar-refractivity contribution in [2.24, 2.45) is 0 Å². The third kappa shape index (κ3) is 5.41. The number of ether oxygens (including phenoxy) is 1. The van der Waals surface area contributed by atoms with Gasteiger partial charge in [-0.1, -0.05) is 22.0 Å². The molecule has 2 N–H and O–H groups in total. The number of nitrogens with one attached hydrogen (secondary N) is 2. The Kier molecular flexibility index (Phi) is 5.76. The minimum Gasteiger partial charge on any atom is -0.481 e. The maximum atomic E-state index is 12.1. The Bertz CT molecular complexity index is 701. The maximum Gasteiger partial charge on any atom is 0.265 e. The highest BCUT2D eigenvalue weighted by Crippen LogP contribution is 2.19. The van der Waals surface area contributed by atoms with E-state index in [2.05, 4.69) is 26.6 Å². The second-order valence-electron chi connectivity index (χ2n) is 4.97. The first-order chi connectivity index (χ1) is 10.9. The highest BCUT2D eigenvalue weighted by Gasteiger charge is 2.15. The van der Waals surface area contributed by atoms with Crippen LogP contribution in [0.4, 0.5) is 11.4 Å². The molecule has 0 fully saturated rings. The summed E-state index contributed by atoms with van der Waals surface area (Å²) in [4.78, 5) is 23.1. The van der Waals surface area contributed by atoms with Crippen molar-refractivity contribution in [2.45, 2.75) is 20.0 Å². The highest BCUT2D eigenvalue weighted by molar-refractivity contribution is 9.10. The number of amides is 2. The zero-order valence-corrected chi connectivity index (χ0v) is 14.4. The molecule has 0 aliphatic carbocycles. The fourth-order valence-corrected chi connectivity index (χ4v) is 2.29. The lowest BCUT2D eigenvalue weighted by Gasteiger charge is -2.15. The van der Waals surface area contributed by atoms with Crippen LogP contribution in [0.1, 0.15) is 13.8 Å². The summed E-state index contributed by atoms with van der Waals surface area (Å²) in [5, 5.41) is 5.46. The summed E-state index contributed by atoms with van der Waals surface area (Å²) < 4.78 is 6.49. The van der Waals surface area contributed by atoms with Gasteiger partial charge in [-0.05, 0) is 49.4 Å². The largest absolute Gasteiger partial charge is 0.481 e. The van der Waals surface area contributed by atoms with Gasteiger partial charge in [0.25, 0.3) is 5.91 Å². The highest BCUT2D eigenvalue weighted by atomic mass is 79.9. The summed E-state index contributed by atoms with van der Waals surface area (Å²) in [5.41, 5.74) is 1.37. The summed E-state index contributed by atoms with van der Waals surface area (Å²) in [6, 6.07) is 14.2. The zero-order valence-electron chi connectivity index (χ0n) is 12.8. The topological polar surface area (TPSA) is 67.4 Å². The molecule has 0 heterocycles. The first kappa shape index (κ1) is 17.0. The number of halogens is 1. The fourth-order valence-electron chi connectivity index (χ4n) is 1.89. The summed E-state index contributed by atoms with van der Waals surface area (Å²) in [7, 11) is 0. The van der Waals surface area contributed by atoms with Crippen LogP contribution in [0.3, 0.4) is 0 Å². The molecule has 1 atom stereocenters. The van der Waals surface area contributed by atoms with E-state index in [4.69, 9.17) is 4.74 Å². The molecule has 2 amide bonds. The van der Waals surface area contributed by atoms with Crippen molar-refractivity contribution in [3.05, 3.63) is 53.0 Å². The quantitative estimate of drug-likeness (QED) is 0.833. The van der Waals surface area contributed by atoms with Crippen molar-refractivity contribution in [1.82, 2.24) is 0 Å². The summed E-state index contributed by atoms with van der Waals surface area (Å²) in [6.45, 7) is 3.12. The van der Waals surface area contributed by atoms with Gasteiger partial charge in [-0.15, -0.1) is 0 Å². The Morgan fingerprint density at radius 3 is 2.35 bits per heavy atom. The summed E-state index contributed by atoms with van der Waals surface area (Å²) in [5.74, 6) is 0.172. The molecule has 2 aromatic carbocycles. The average Bonchev–Trinajstić information content (AvgIpc) is 2.48. The van der Waals surface area contributed by atoms with Crippen LogP contribution in [0.25, 0.3) is 0 Å². The van der Waals surface area contributed by atoms with Crippen LogP contribution in [0, 0.1) is 0 Å². The van der Waals surface area contributed by atoms with E-state index in [-0.39, 0.29) is 11.8 Å². The molecular formula is C17H17BrN2O3. The molecule has 5 nitrogen and oxygen atoms in total. The van der Waals surface area contributed by atoms with Gasteiger partial charge in [0.1, 0.15) is 5.75 Å². The Morgan fingerprint density at radius 2 is 1.74 bits per heavy atom. The lowest BCUT2D eigenvalue weighted by atomic mass is 10.2. The molecule has 0 bridgehead atoms. The van der Waals surface area contributed by atoms with E-state index in [1.165, 1.54) is 6.92 Å². The molecule has 0 spiro atoms. The average molecular weight is 377 g/mol. The Hall–Kier alpha value is -2.34. The van der Waals surface area contributed by atoms with Crippen LogP contribution >= 0.6 is 15.9 Å². The normalized spacial score (nSPS) is 11.4. The van der Waals surface area contributed by atoms with Crippen molar-refractivity contribution >= 4 is 39.1 Å². The second kappa shape index (κ2) is 7.78. The van der Waals surface area contributed by atoms with Crippen molar-refractivity contribution in [2.75, 3.05) is 10.6 Å². The Labute approximate surface area is 143 Å². The SMILES string of the molecule is CC(=O)Nc1ccc(O[C@@H](C)C(=O)Nc2cccc(Br)c2)cc1. The van der Waals surface area contributed by atoms with Crippen LogP contribution in [0.2, 0.25) is 0 Å². The number of carbonyl (C=O) groups excluding carboxylic acids is 2. The van der Waals surface area contributed by atoms with E-state index in [9.17, 15) is 9.59 Å². The fraction of sp³-hybridized carbons (Fsp3) is 0.176. The Morgan fingerprint density at radius 1 is 1.04 bits per heavy atom. The molecule has 0 aliphatic heterocycles. The predicted octanol–water partition coefficient (Wildman–Crippen LogP) is 3.81. The number of carbonyl (C=O) groups is 2. The Balaban J connectivity index is 1.94. The molecule has 0 saturated heterocycles. The van der Waals surface area contributed by atoms with Gasteiger partial charge in [0.2, 0.25) is 5.91 Å². The van der Waals surface area contributed by atoms with Gasteiger partial charge < -0.3 is 15.4 Å². The smallest absolute Gasteiger partial charge is 0.265 e. The van der Waals surface area contributed by atoms with Gasteiger partial charge in [-0.25, -0.2) is 0 Å². The third-order valence-electron chi connectivity index (χ3n) is 2.95. The van der Waals surface area contributed by atoms with E-state index >= 15 is 0 Å². The van der Waals surface area contributed by atoms with E-state index < -0.39 is 6.10 Å². The van der Waals surface area contributed by atoms with Crippen LogP contribution in [0.5, 0.6) is 5.75 Å². The molecule has 23 heavy (non-hydrogen) atoms. The van der Waals surface area contributed by atoms with E-state index in [0.29, 0.717) is 17.1 Å². The monoisotopic (exact) mass is 376 g/mol. The van der Waals surface area contributed by atoms with E-state index in [1.807, 2.05) is 18.2 Å². The van der Waals surface area contributed by atoms with Gasteiger partial charge in [0, 0.05) is 22.8 Å². The van der Waals surface area contributed by atoms with E-state index in [0.717, 1.165) is 4.47 Å². The minimum absolute atomic E-state index is 0.138. The molecule has 0 aliphatic rings. The van der Waals surface area contributed by atoms with Crippen LogP contribution in [-0.2, 0) is 9.59 Å². The molecule has 0 aromatic heterocycles. The van der Waals surface area contributed by atoms with Crippen LogP contribution in [0.15, 0.2) is 53.0 Å². The van der Waals surface area contributed by atoms with Crippen LogP contribution in [-0.4, -0.2) is 17.9 Å². The molecule has 0 unspecified atom stereocenters. The van der Waals surface area contributed by atoms with Gasteiger partial charge >= 0.3 is 0 Å². The molecule has 6 heteroatoms. The number of hydrogen-bond acceptors (Lipinski definition) is 3. The van der Waals surface area contributed by atoms with Crippen molar-refractivity contribution in [1.29, 1.82) is 0 Å². The number of benzene rings is 2. The van der Waals surface area contributed by atoms with Crippen molar-refractivity contribution in [3.63, 3.8) is 0 Å². The molecule has 0 saturated carbocycles. The van der Waals surface area contributed by atoms with Gasteiger partial charge in [0.15, 0.2) is 6.10 Å². The van der Waals surface area contributed by atoms with Crippen LogP contribution < -0.4 is 15.4 Å². The lowest BCUT2D eigenvalue weighted by molar-refractivity contribution is -0.122. The molecule has 0 radical (unpaired) electrons. The number of rotatable bonds is 5. The van der Waals surface area contributed by atoms with Gasteiger partial charge in [0.05, 0.1) is 0 Å². The molecule has 2 aromatic rings. The first-order valence-electron chi connectivity index (χ1n) is 7.05. The number of hydrogen-bond donors (Lipinski definition) is 2. The standard InChI is InChI=1S/C17H17BrN2O3/c1-11(17(22)20-15-5-3-4-13(18)10-15)23-16-8-6-14(7-9-16)19-12(2)21/h3-11H,1-2H3,(H,19,21)(H,20,22)/t11-/m0/s1. The van der Waals surface area contributed by atoms with Gasteiger partial charge in [-0.2, -0.15) is 0 Å². The first-order valence-corrected chi connectivity index (χ1v) is 7.84. The zero-order chi connectivity index (χ0) is 16.8. The van der Waals surface area contributed by atoms with E-state index in [1.54, 1.807) is 37.3 Å². The van der Waals surface area contributed by atoms with Crippen molar-refractivity contribution < 1.29 is 14.3 Å². The molecule has 120 valence electrons. The molecule has 2 rings (SSSR count). The summed E-state index contributed by atoms with van der Waals surface area (Å²) >= 11 is 3.35. The summed E-state index contributed by atoms with van der Waals surface area (Å²) in [6.07, 6.45) is -0.652. The molecular weight excluding hydrogens is 360 g/mol. The third-order valence-corrected chi connectivity index (χ3v) is 3.44. The predicted molar refractivity (Wildman–Crippen MR) is 93.6 cm³/mol. The second-order valence-corrected chi connectivity index (χ2v) is 5.88. The van der Waals surface area contributed by atoms with Crippen molar-refractivity contribution in [3.8, 4) is 5.75 Å². The minimum atomic E-state index is -0.652. The lowest BCUT2D eigenvalue weighted by Crippen LogP contribution is -2.30. The van der Waals surface area contributed by atoms with Gasteiger partial charge in [-0.3, -0.25) is 9.59 Å². The maximum absolute atomic E-state index is 12.1.